The number of halogens is 1. The van der Waals surface area contributed by atoms with Crippen LogP contribution >= 0.6 is 11.6 Å². The maximum absolute atomic E-state index is 9.55. The second kappa shape index (κ2) is 13.0. The van der Waals surface area contributed by atoms with Crippen molar-refractivity contribution < 1.29 is 19.8 Å². The summed E-state index contributed by atoms with van der Waals surface area (Å²) in [6.07, 6.45) is 2.23. The smallest absolute Gasteiger partial charge is 0.328 e. The van der Waals surface area contributed by atoms with Gasteiger partial charge in [0.1, 0.15) is 0 Å². The van der Waals surface area contributed by atoms with E-state index in [-0.39, 0.29) is 0 Å². The monoisotopic (exact) mass is 265 g/mol. The third-order valence-corrected chi connectivity index (χ3v) is 2.14. The predicted octanol–water partition coefficient (Wildman–Crippen LogP) is 1.67. The predicted molar refractivity (Wildman–Crippen MR) is 67.5 cm³/mol. The molecule has 0 fully saturated rings. The number of carboxylic acid groups (broad SMARTS) is 2. The van der Waals surface area contributed by atoms with Crippen LogP contribution in [0.4, 0.5) is 0 Å². The van der Waals surface area contributed by atoms with E-state index in [1.54, 1.807) is 0 Å². The molecule has 0 saturated carbocycles. The molecule has 0 bridgehead atoms. The molecule has 0 saturated heterocycles. The van der Waals surface area contributed by atoms with Crippen molar-refractivity contribution in [2.75, 3.05) is 25.5 Å². The molecule has 17 heavy (non-hydrogen) atoms. The van der Waals surface area contributed by atoms with E-state index in [2.05, 4.69) is 18.7 Å². The lowest BCUT2D eigenvalue weighted by atomic mass is 10.4. The van der Waals surface area contributed by atoms with Gasteiger partial charge in [0, 0.05) is 18.0 Å². The minimum atomic E-state index is -1.26. The maximum atomic E-state index is 9.55. The lowest BCUT2D eigenvalue weighted by molar-refractivity contribution is -0.134. The molecule has 0 aliphatic rings. The lowest BCUT2D eigenvalue weighted by Gasteiger charge is -2.16. The Morgan fingerprint density at radius 3 is 1.76 bits per heavy atom. The van der Waals surface area contributed by atoms with Gasteiger partial charge < -0.3 is 15.1 Å². The van der Waals surface area contributed by atoms with Gasteiger partial charge in [0.25, 0.3) is 0 Å². The third kappa shape index (κ3) is 17.5. The number of hydrogen-bond donors (Lipinski definition) is 2. The van der Waals surface area contributed by atoms with Gasteiger partial charge in [0.15, 0.2) is 0 Å². The van der Waals surface area contributed by atoms with Crippen LogP contribution in [0.5, 0.6) is 0 Å². The van der Waals surface area contributed by atoms with Crippen LogP contribution in [-0.4, -0.2) is 52.6 Å². The summed E-state index contributed by atoms with van der Waals surface area (Å²) in [7, 11) is 0. The van der Waals surface area contributed by atoms with Gasteiger partial charge in [0.2, 0.25) is 0 Å². The van der Waals surface area contributed by atoms with Gasteiger partial charge in [-0.15, -0.1) is 11.6 Å². The Morgan fingerprint density at radius 2 is 1.53 bits per heavy atom. The van der Waals surface area contributed by atoms with Crippen molar-refractivity contribution in [3.05, 3.63) is 12.2 Å². The normalized spacial score (nSPS) is 10.1. The van der Waals surface area contributed by atoms with Crippen molar-refractivity contribution >= 4 is 23.5 Å². The molecule has 0 aliphatic heterocycles. The first-order valence-corrected chi connectivity index (χ1v) is 5.93. The van der Waals surface area contributed by atoms with Crippen LogP contribution in [0.15, 0.2) is 12.2 Å². The van der Waals surface area contributed by atoms with Crippen molar-refractivity contribution in [2.45, 2.75) is 20.3 Å². The molecule has 0 aliphatic carbocycles. The molecule has 0 unspecified atom stereocenters. The Morgan fingerprint density at radius 1 is 1.12 bits per heavy atom. The summed E-state index contributed by atoms with van der Waals surface area (Å²) in [6.45, 7) is 7.80. The van der Waals surface area contributed by atoms with Crippen molar-refractivity contribution in [2.24, 2.45) is 0 Å². The number of rotatable bonds is 7. The van der Waals surface area contributed by atoms with Crippen molar-refractivity contribution in [3.63, 3.8) is 0 Å². The van der Waals surface area contributed by atoms with Crippen molar-refractivity contribution in [1.29, 1.82) is 0 Å². The van der Waals surface area contributed by atoms with E-state index < -0.39 is 11.9 Å². The highest BCUT2D eigenvalue weighted by atomic mass is 35.5. The zero-order valence-corrected chi connectivity index (χ0v) is 11.0. The van der Waals surface area contributed by atoms with Gasteiger partial charge in [0.05, 0.1) is 0 Å². The van der Waals surface area contributed by atoms with Crippen LogP contribution in [0, 0.1) is 0 Å². The Balaban J connectivity index is 0. The van der Waals surface area contributed by atoms with Crippen LogP contribution in [0.3, 0.4) is 0 Å². The molecule has 0 radical (unpaired) electrons. The molecule has 100 valence electrons. The quantitative estimate of drug-likeness (QED) is 0.541. The fraction of sp³-hybridized carbons (Fsp3) is 0.636. The largest absolute Gasteiger partial charge is 0.478 e. The third-order valence-electron chi connectivity index (χ3n) is 1.87. The van der Waals surface area contributed by atoms with Gasteiger partial charge in [-0.2, -0.15) is 0 Å². The molecule has 0 aromatic heterocycles. The Labute approximate surface area is 107 Å². The minimum Gasteiger partial charge on any atom is -0.478 e. The molecular formula is C11H20ClNO4. The van der Waals surface area contributed by atoms with E-state index in [1.807, 2.05) is 0 Å². The molecule has 0 atom stereocenters. The summed E-state index contributed by atoms with van der Waals surface area (Å²) >= 11 is 5.53. The summed E-state index contributed by atoms with van der Waals surface area (Å²) in [5.74, 6) is -1.73. The standard InChI is InChI=1S/C7H16ClN.C4H4O4/c1-3-9(4-2)7-5-6-8;5-3(6)1-2-4(7)8/h3-7H2,1-2H3;1-2H,(H,5,6)(H,7,8)/b;2-1-. The summed E-state index contributed by atoms with van der Waals surface area (Å²) in [6, 6.07) is 0. The van der Waals surface area contributed by atoms with Crippen LogP contribution in [0.25, 0.3) is 0 Å². The second-order valence-electron chi connectivity index (χ2n) is 3.08. The molecule has 2 N–H and O–H groups in total. The van der Waals surface area contributed by atoms with Gasteiger partial charge >= 0.3 is 11.9 Å². The first kappa shape index (κ1) is 18.3. The molecule has 5 nitrogen and oxygen atoms in total. The molecule has 0 aromatic rings. The first-order valence-electron chi connectivity index (χ1n) is 5.40. The van der Waals surface area contributed by atoms with Gasteiger partial charge in [-0.3, -0.25) is 0 Å². The number of alkyl halides is 1. The van der Waals surface area contributed by atoms with Crippen LogP contribution in [-0.2, 0) is 9.59 Å². The van der Waals surface area contributed by atoms with E-state index in [1.165, 1.54) is 0 Å². The second-order valence-corrected chi connectivity index (χ2v) is 3.46. The number of nitrogens with zero attached hydrogens (tertiary/aromatic N) is 1. The van der Waals surface area contributed by atoms with E-state index in [9.17, 15) is 9.59 Å². The van der Waals surface area contributed by atoms with Crippen molar-refractivity contribution in [1.82, 2.24) is 4.90 Å². The number of hydrogen-bond acceptors (Lipinski definition) is 3. The van der Waals surface area contributed by atoms with E-state index in [4.69, 9.17) is 21.8 Å². The SMILES string of the molecule is CCN(CC)CCCCl.O=C(O)/C=C\C(=O)O. The number of carbonyl (C=O) groups is 2. The van der Waals surface area contributed by atoms with Crippen LogP contribution < -0.4 is 0 Å². The molecule has 6 heteroatoms. The summed E-state index contributed by atoms with van der Waals surface area (Å²) in [5, 5.41) is 15.6. The van der Waals surface area contributed by atoms with Gasteiger partial charge in [-0.25, -0.2) is 9.59 Å². The summed E-state index contributed by atoms with van der Waals surface area (Å²) < 4.78 is 0. The number of aliphatic carboxylic acids is 2. The lowest BCUT2D eigenvalue weighted by Crippen LogP contribution is -2.24. The van der Waals surface area contributed by atoms with Crippen LogP contribution in [0.1, 0.15) is 20.3 Å². The van der Waals surface area contributed by atoms with E-state index >= 15 is 0 Å². The molecule has 0 rings (SSSR count). The highest BCUT2D eigenvalue weighted by Crippen LogP contribution is 1.91. The molecular weight excluding hydrogens is 246 g/mol. The first-order chi connectivity index (χ1) is 7.97. The molecule has 0 heterocycles. The zero-order valence-electron chi connectivity index (χ0n) is 10.2. The van der Waals surface area contributed by atoms with Crippen molar-refractivity contribution in [3.8, 4) is 0 Å². The van der Waals surface area contributed by atoms with Crippen LogP contribution in [0.2, 0.25) is 0 Å². The van der Waals surface area contributed by atoms with Gasteiger partial charge in [-0.05, 0) is 26.1 Å². The van der Waals surface area contributed by atoms with E-state index in [0.29, 0.717) is 12.2 Å². The summed E-state index contributed by atoms with van der Waals surface area (Å²) in [4.78, 5) is 21.5. The van der Waals surface area contributed by atoms with Gasteiger partial charge in [-0.1, -0.05) is 13.8 Å². The Bertz CT molecular complexity index is 224. The average molecular weight is 266 g/mol. The summed E-state index contributed by atoms with van der Waals surface area (Å²) in [5.41, 5.74) is 0. The molecule has 0 aromatic carbocycles. The highest BCUT2D eigenvalue weighted by molar-refractivity contribution is 6.17. The fourth-order valence-electron chi connectivity index (χ4n) is 0.966. The highest BCUT2D eigenvalue weighted by Gasteiger charge is 1.95. The topological polar surface area (TPSA) is 77.8 Å². The fourth-order valence-corrected chi connectivity index (χ4v) is 1.09. The maximum Gasteiger partial charge on any atom is 0.328 e. The Hall–Kier alpha value is -1.07. The Kier molecular flexibility index (Phi) is 14.0. The molecule has 0 spiro atoms. The molecule has 0 amide bonds. The zero-order chi connectivity index (χ0) is 13.7. The van der Waals surface area contributed by atoms with E-state index in [0.717, 1.165) is 31.9 Å². The number of carboxylic acids is 2. The minimum absolute atomic E-state index is 0.558. The average Bonchev–Trinajstić information content (AvgIpc) is 2.29.